The summed E-state index contributed by atoms with van der Waals surface area (Å²) in [7, 11) is 0. The lowest BCUT2D eigenvalue weighted by Crippen LogP contribution is -1.97. The summed E-state index contributed by atoms with van der Waals surface area (Å²) in [4.78, 5) is 13.1. The van der Waals surface area contributed by atoms with E-state index in [1.54, 1.807) is 29.6 Å². The molecule has 0 aliphatic rings. The van der Waals surface area contributed by atoms with Crippen molar-refractivity contribution in [1.82, 2.24) is 0 Å². The number of nitriles is 1. The Morgan fingerprint density at radius 2 is 1.95 bits per heavy atom. The summed E-state index contributed by atoms with van der Waals surface area (Å²) in [6.07, 6.45) is 1.41. The Morgan fingerprint density at radius 3 is 2.47 bits per heavy atom. The van der Waals surface area contributed by atoms with E-state index in [0.717, 1.165) is 22.0 Å². The van der Waals surface area contributed by atoms with E-state index >= 15 is 0 Å². The standard InChI is InChI=1S/C14H15NO2S2/c1-3-18-12-6-5-10(8-13(12)19-4-2)7-11(9-15)14(16)17/h5-8H,3-4H2,1-2H3,(H,16,17). The minimum Gasteiger partial charge on any atom is -0.477 e. The highest BCUT2D eigenvalue weighted by atomic mass is 32.2. The van der Waals surface area contributed by atoms with Crippen LogP contribution >= 0.6 is 23.5 Å². The molecule has 0 aliphatic heterocycles. The zero-order chi connectivity index (χ0) is 14.3. The van der Waals surface area contributed by atoms with Crippen LogP contribution < -0.4 is 0 Å². The van der Waals surface area contributed by atoms with Crippen molar-refractivity contribution in [3.8, 4) is 6.07 Å². The molecule has 0 amide bonds. The Kier molecular flexibility index (Phi) is 6.54. The van der Waals surface area contributed by atoms with Gasteiger partial charge < -0.3 is 5.11 Å². The van der Waals surface area contributed by atoms with Gasteiger partial charge in [-0.15, -0.1) is 23.5 Å². The molecule has 1 aromatic carbocycles. The topological polar surface area (TPSA) is 61.1 Å². The molecule has 0 radical (unpaired) electrons. The average Bonchev–Trinajstić information content (AvgIpc) is 2.39. The zero-order valence-electron chi connectivity index (χ0n) is 10.8. The molecular formula is C14H15NO2S2. The molecule has 100 valence electrons. The van der Waals surface area contributed by atoms with E-state index in [9.17, 15) is 4.79 Å². The van der Waals surface area contributed by atoms with E-state index < -0.39 is 5.97 Å². The number of benzene rings is 1. The van der Waals surface area contributed by atoms with Gasteiger partial charge >= 0.3 is 5.97 Å². The largest absolute Gasteiger partial charge is 0.477 e. The summed E-state index contributed by atoms with van der Waals surface area (Å²) in [6, 6.07) is 7.45. The van der Waals surface area contributed by atoms with Gasteiger partial charge in [-0.25, -0.2) is 4.79 Å². The van der Waals surface area contributed by atoms with Crippen molar-refractivity contribution in [2.75, 3.05) is 11.5 Å². The zero-order valence-corrected chi connectivity index (χ0v) is 12.5. The van der Waals surface area contributed by atoms with E-state index in [4.69, 9.17) is 10.4 Å². The molecule has 0 aromatic heterocycles. The van der Waals surface area contributed by atoms with Crippen LogP contribution in [0.15, 0.2) is 33.6 Å². The maximum absolute atomic E-state index is 10.8. The van der Waals surface area contributed by atoms with Crippen LogP contribution in [0.4, 0.5) is 0 Å². The minimum absolute atomic E-state index is 0.247. The number of hydrogen-bond donors (Lipinski definition) is 1. The quantitative estimate of drug-likeness (QED) is 0.489. The molecule has 0 aliphatic carbocycles. The number of carbonyl (C=O) groups is 1. The SMILES string of the molecule is CCSc1ccc(C=C(C#N)C(=O)O)cc1SCC. The molecule has 0 bridgehead atoms. The van der Waals surface area contributed by atoms with Crippen molar-refractivity contribution in [1.29, 1.82) is 5.26 Å². The van der Waals surface area contributed by atoms with Crippen LogP contribution in [0.5, 0.6) is 0 Å². The molecule has 0 heterocycles. The monoisotopic (exact) mass is 293 g/mol. The first-order chi connectivity index (χ1) is 9.12. The van der Waals surface area contributed by atoms with Gasteiger partial charge in [-0.1, -0.05) is 19.9 Å². The smallest absolute Gasteiger partial charge is 0.346 e. The Hall–Kier alpha value is -1.38. The summed E-state index contributed by atoms with van der Waals surface area (Å²) in [5.74, 6) is 0.749. The van der Waals surface area contributed by atoms with Crippen LogP contribution in [0.3, 0.4) is 0 Å². The van der Waals surface area contributed by atoms with Crippen molar-refractivity contribution in [2.24, 2.45) is 0 Å². The molecule has 0 atom stereocenters. The van der Waals surface area contributed by atoms with Crippen molar-refractivity contribution >= 4 is 35.6 Å². The van der Waals surface area contributed by atoms with Gasteiger partial charge in [-0.2, -0.15) is 5.26 Å². The number of rotatable bonds is 6. The number of thioether (sulfide) groups is 2. The van der Waals surface area contributed by atoms with E-state index in [0.29, 0.717) is 0 Å². The summed E-state index contributed by atoms with van der Waals surface area (Å²) in [5.41, 5.74) is 0.499. The van der Waals surface area contributed by atoms with Gasteiger partial charge in [-0.05, 0) is 35.3 Å². The molecule has 19 heavy (non-hydrogen) atoms. The maximum Gasteiger partial charge on any atom is 0.346 e. The highest BCUT2D eigenvalue weighted by Crippen LogP contribution is 2.32. The van der Waals surface area contributed by atoms with Gasteiger partial charge in [0.05, 0.1) is 0 Å². The van der Waals surface area contributed by atoms with Gasteiger partial charge in [0.2, 0.25) is 0 Å². The molecule has 1 N–H and O–H groups in total. The van der Waals surface area contributed by atoms with Gasteiger partial charge in [0.25, 0.3) is 0 Å². The second kappa shape index (κ2) is 7.93. The molecule has 0 spiro atoms. The first-order valence-corrected chi connectivity index (χ1v) is 7.84. The van der Waals surface area contributed by atoms with Crippen molar-refractivity contribution < 1.29 is 9.90 Å². The van der Waals surface area contributed by atoms with Crippen molar-refractivity contribution in [3.05, 3.63) is 29.3 Å². The van der Waals surface area contributed by atoms with Gasteiger partial charge in [-0.3, -0.25) is 0 Å². The second-order valence-corrected chi connectivity index (χ2v) is 6.16. The summed E-state index contributed by atoms with van der Waals surface area (Å²) in [5, 5.41) is 17.6. The second-order valence-electron chi connectivity index (χ2n) is 3.55. The van der Waals surface area contributed by atoms with Crippen molar-refractivity contribution in [3.63, 3.8) is 0 Å². The first kappa shape index (κ1) is 15.7. The lowest BCUT2D eigenvalue weighted by atomic mass is 10.1. The number of hydrogen-bond acceptors (Lipinski definition) is 4. The average molecular weight is 293 g/mol. The number of nitrogens with zero attached hydrogens (tertiary/aromatic N) is 1. The molecular weight excluding hydrogens is 278 g/mol. The summed E-state index contributed by atoms with van der Waals surface area (Å²) in [6.45, 7) is 4.17. The fourth-order valence-electron chi connectivity index (χ4n) is 1.47. The van der Waals surface area contributed by atoms with E-state index in [1.165, 1.54) is 11.0 Å². The molecule has 0 saturated heterocycles. The fourth-order valence-corrected chi connectivity index (χ4v) is 3.24. The third kappa shape index (κ3) is 4.66. The third-order valence-corrected chi connectivity index (χ3v) is 4.25. The molecule has 0 fully saturated rings. The Labute approximate surface area is 121 Å². The fraction of sp³-hybridized carbons (Fsp3) is 0.286. The summed E-state index contributed by atoms with van der Waals surface area (Å²) < 4.78 is 0. The highest BCUT2D eigenvalue weighted by Gasteiger charge is 2.08. The van der Waals surface area contributed by atoms with E-state index in [-0.39, 0.29) is 5.57 Å². The van der Waals surface area contributed by atoms with Gasteiger partial charge in [0, 0.05) is 9.79 Å². The maximum atomic E-state index is 10.8. The molecule has 0 saturated carbocycles. The predicted molar refractivity (Wildman–Crippen MR) is 80.5 cm³/mol. The van der Waals surface area contributed by atoms with Gasteiger partial charge in [0.1, 0.15) is 11.6 Å². The van der Waals surface area contributed by atoms with Crippen LogP contribution in [-0.2, 0) is 4.79 Å². The third-order valence-electron chi connectivity index (χ3n) is 2.23. The molecule has 1 aromatic rings. The predicted octanol–water partition coefficient (Wildman–Crippen LogP) is 3.90. The minimum atomic E-state index is -1.20. The van der Waals surface area contributed by atoms with E-state index in [2.05, 4.69) is 13.8 Å². The first-order valence-electron chi connectivity index (χ1n) is 5.87. The highest BCUT2D eigenvalue weighted by molar-refractivity contribution is 8.02. The Balaban J connectivity index is 3.14. The van der Waals surface area contributed by atoms with Crippen LogP contribution in [-0.4, -0.2) is 22.6 Å². The van der Waals surface area contributed by atoms with E-state index in [1.807, 2.05) is 18.2 Å². The Bertz CT molecular complexity index is 533. The molecule has 1 rings (SSSR count). The lowest BCUT2D eigenvalue weighted by Gasteiger charge is -2.08. The Morgan fingerprint density at radius 1 is 1.32 bits per heavy atom. The summed E-state index contributed by atoms with van der Waals surface area (Å²) >= 11 is 3.48. The molecule has 0 unspecified atom stereocenters. The van der Waals surface area contributed by atoms with Gasteiger partial charge in [0.15, 0.2) is 0 Å². The number of aliphatic carboxylic acids is 1. The van der Waals surface area contributed by atoms with Crippen LogP contribution in [0.1, 0.15) is 19.4 Å². The van der Waals surface area contributed by atoms with Crippen LogP contribution in [0, 0.1) is 11.3 Å². The van der Waals surface area contributed by atoms with Crippen LogP contribution in [0.25, 0.3) is 6.08 Å². The van der Waals surface area contributed by atoms with Crippen LogP contribution in [0.2, 0.25) is 0 Å². The molecule has 3 nitrogen and oxygen atoms in total. The number of carboxylic acids is 1. The lowest BCUT2D eigenvalue weighted by molar-refractivity contribution is -0.132. The molecule has 5 heteroatoms. The normalized spacial score (nSPS) is 11.1. The number of carboxylic acid groups (broad SMARTS) is 1. The van der Waals surface area contributed by atoms with Crippen molar-refractivity contribution in [2.45, 2.75) is 23.6 Å².